The molecule has 0 aromatic carbocycles. The molecule has 12 heavy (non-hydrogen) atoms. The second-order valence-corrected chi connectivity index (χ2v) is 3.53. The summed E-state index contributed by atoms with van der Waals surface area (Å²) in [6.07, 6.45) is 1.30. The molecule has 3 heteroatoms. The summed E-state index contributed by atoms with van der Waals surface area (Å²) < 4.78 is 11.0. The van der Waals surface area contributed by atoms with Gasteiger partial charge in [0.15, 0.2) is 0 Å². The zero-order valence-corrected chi connectivity index (χ0v) is 8.22. The third-order valence-electron chi connectivity index (χ3n) is 2.38. The van der Waals surface area contributed by atoms with Crippen LogP contribution in [0.2, 0.25) is 0 Å². The van der Waals surface area contributed by atoms with Crippen LogP contribution in [0.15, 0.2) is 0 Å². The predicted octanol–water partition coefficient (Wildman–Crippen LogP) is 0.790. The Morgan fingerprint density at radius 2 is 2.42 bits per heavy atom. The lowest BCUT2D eigenvalue weighted by molar-refractivity contribution is -0.140. The molecule has 0 bridgehead atoms. The van der Waals surface area contributed by atoms with E-state index < -0.39 is 0 Å². The summed E-state index contributed by atoms with van der Waals surface area (Å²) in [4.78, 5) is 0. The van der Waals surface area contributed by atoms with Gasteiger partial charge in [0.05, 0.1) is 12.7 Å². The SMILES string of the molecule is CCC1(COC)CNCC(C)O1. The monoisotopic (exact) mass is 173 g/mol. The van der Waals surface area contributed by atoms with Crippen molar-refractivity contribution in [2.75, 3.05) is 26.8 Å². The van der Waals surface area contributed by atoms with E-state index in [4.69, 9.17) is 9.47 Å². The van der Waals surface area contributed by atoms with Crippen molar-refractivity contribution in [3.8, 4) is 0 Å². The molecule has 0 aromatic rings. The number of nitrogens with one attached hydrogen (secondary N) is 1. The second-order valence-electron chi connectivity index (χ2n) is 3.53. The normalized spacial score (nSPS) is 36.8. The van der Waals surface area contributed by atoms with Gasteiger partial charge >= 0.3 is 0 Å². The van der Waals surface area contributed by atoms with Crippen LogP contribution >= 0.6 is 0 Å². The van der Waals surface area contributed by atoms with Gasteiger partial charge in [-0.3, -0.25) is 0 Å². The minimum atomic E-state index is -0.0909. The van der Waals surface area contributed by atoms with Crippen molar-refractivity contribution in [3.63, 3.8) is 0 Å². The van der Waals surface area contributed by atoms with Gasteiger partial charge < -0.3 is 14.8 Å². The number of methoxy groups -OCH3 is 1. The molecule has 0 aliphatic carbocycles. The fraction of sp³-hybridized carbons (Fsp3) is 1.00. The van der Waals surface area contributed by atoms with Crippen LogP contribution < -0.4 is 5.32 Å². The molecule has 2 atom stereocenters. The molecule has 72 valence electrons. The molecule has 1 aliphatic rings. The smallest absolute Gasteiger partial charge is 0.104 e. The quantitative estimate of drug-likeness (QED) is 0.684. The molecule has 1 heterocycles. The summed E-state index contributed by atoms with van der Waals surface area (Å²) in [6, 6.07) is 0. The van der Waals surface area contributed by atoms with E-state index >= 15 is 0 Å². The lowest BCUT2D eigenvalue weighted by Gasteiger charge is -2.39. The van der Waals surface area contributed by atoms with Gasteiger partial charge in [-0.25, -0.2) is 0 Å². The first-order valence-corrected chi connectivity index (χ1v) is 4.60. The minimum absolute atomic E-state index is 0.0909. The van der Waals surface area contributed by atoms with Gasteiger partial charge in [-0.2, -0.15) is 0 Å². The van der Waals surface area contributed by atoms with E-state index in [-0.39, 0.29) is 5.60 Å². The summed E-state index contributed by atoms with van der Waals surface area (Å²) in [7, 11) is 1.72. The fourth-order valence-electron chi connectivity index (χ4n) is 1.67. The van der Waals surface area contributed by atoms with E-state index in [2.05, 4.69) is 19.2 Å². The number of rotatable bonds is 3. The Morgan fingerprint density at radius 3 is 2.92 bits per heavy atom. The Hall–Kier alpha value is -0.120. The highest BCUT2D eigenvalue weighted by molar-refractivity contribution is 4.87. The van der Waals surface area contributed by atoms with Crippen LogP contribution in [0, 0.1) is 0 Å². The van der Waals surface area contributed by atoms with Crippen molar-refractivity contribution in [3.05, 3.63) is 0 Å². The predicted molar refractivity (Wildman–Crippen MR) is 48.3 cm³/mol. The van der Waals surface area contributed by atoms with E-state index in [1.165, 1.54) is 0 Å². The van der Waals surface area contributed by atoms with Crippen LogP contribution in [-0.2, 0) is 9.47 Å². The lowest BCUT2D eigenvalue weighted by Crippen LogP contribution is -2.55. The average molecular weight is 173 g/mol. The van der Waals surface area contributed by atoms with Gasteiger partial charge in [0.1, 0.15) is 5.60 Å². The molecule has 1 aliphatic heterocycles. The Balaban J connectivity index is 2.51. The molecule has 0 saturated carbocycles. The summed E-state index contributed by atoms with van der Waals surface area (Å²) in [5.41, 5.74) is -0.0909. The van der Waals surface area contributed by atoms with Gasteiger partial charge in [0, 0.05) is 20.2 Å². The van der Waals surface area contributed by atoms with Gasteiger partial charge in [-0.05, 0) is 13.3 Å². The molecule has 0 radical (unpaired) electrons. The summed E-state index contributed by atoms with van der Waals surface area (Å²) >= 11 is 0. The van der Waals surface area contributed by atoms with E-state index in [1.54, 1.807) is 7.11 Å². The molecule has 2 unspecified atom stereocenters. The van der Waals surface area contributed by atoms with Crippen LogP contribution in [-0.4, -0.2) is 38.5 Å². The fourth-order valence-corrected chi connectivity index (χ4v) is 1.67. The second kappa shape index (κ2) is 4.21. The maximum Gasteiger partial charge on any atom is 0.104 e. The highest BCUT2D eigenvalue weighted by Crippen LogP contribution is 2.20. The topological polar surface area (TPSA) is 30.5 Å². The Morgan fingerprint density at radius 1 is 1.67 bits per heavy atom. The molecule has 1 saturated heterocycles. The van der Waals surface area contributed by atoms with Crippen molar-refractivity contribution >= 4 is 0 Å². The van der Waals surface area contributed by atoms with Crippen molar-refractivity contribution in [2.45, 2.75) is 32.0 Å². The van der Waals surface area contributed by atoms with Crippen molar-refractivity contribution in [1.29, 1.82) is 0 Å². The molecular formula is C9H19NO2. The van der Waals surface area contributed by atoms with Crippen LogP contribution in [0.4, 0.5) is 0 Å². The van der Waals surface area contributed by atoms with Gasteiger partial charge in [-0.15, -0.1) is 0 Å². The number of ether oxygens (including phenoxy) is 2. The minimum Gasteiger partial charge on any atom is -0.382 e. The average Bonchev–Trinajstić information content (AvgIpc) is 2.05. The maximum absolute atomic E-state index is 5.88. The van der Waals surface area contributed by atoms with E-state index in [9.17, 15) is 0 Å². The van der Waals surface area contributed by atoms with Gasteiger partial charge in [-0.1, -0.05) is 6.92 Å². The van der Waals surface area contributed by atoms with Crippen molar-refractivity contribution in [2.24, 2.45) is 0 Å². The molecule has 1 rings (SSSR count). The molecule has 3 nitrogen and oxygen atoms in total. The standard InChI is InChI=1S/C9H19NO2/c1-4-9(7-11-3)6-10-5-8(2)12-9/h8,10H,4-7H2,1-3H3. The first-order chi connectivity index (χ1) is 5.72. The third-order valence-corrected chi connectivity index (χ3v) is 2.38. The zero-order valence-electron chi connectivity index (χ0n) is 8.22. The van der Waals surface area contributed by atoms with E-state index in [1.807, 2.05) is 0 Å². The molecule has 0 aromatic heterocycles. The highest BCUT2D eigenvalue weighted by Gasteiger charge is 2.34. The highest BCUT2D eigenvalue weighted by atomic mass is 16.5. The molecule has 0 amide bonds. The van der Waals surface area contributed by atoms with Gasteiger partial charge in [0.25, 0.3) is 0 Å². The maximum atomic E-state index is 5.88. The molecule has 0 spiro atoms. The van der Waals surface area contributed by atoms with Crippen LogP contribution in [0.3, 0.4) is 0 Å². The Bertz CT molecular complexity index is 136. The first-order valence-electron chi connectivity index (χ1n) is 4.60. The summed E-state index contributed by atoms with van der Waals surface area (Å²) in [5.74, 6) is 0. The Kier molecular flexibility index (Phi) is 3.50. The van der Waals surface area contributed by atoms with E-state index in [0.29, 0.717) is 12.7 Å². The van der Waals surface area contributed by atoms with Crippen molar-refractivity contribution < 1.29 is 9.47 Å². The van der Waals surface area contributed by atoms with Crippen LogP contribution in [0.25, 0.3) is 0 Å². The largest absolute Gasteiger partial charge is 0.382 e. The summed E-state index contributed by atoms with van der Waals surface area (Å²) in [6.45, 7) is 6.76. The molecule has 1 N–H and O–H groups in total. The van der Waals surface area contributed by atoms with Gasteiger partial charge in [0.2, 0.25) is 0 Å². The van der Waals surface area contributed by atoms with Crippen LogP contribution in [0.5, 0.6) is 0 Å². The molecule has 1 fully saturated rings. The number of hydrogen-bond donors (Lipinski definition) is 1. The zero-order chi connectivity index (χ0) is 9.03. The number of hydrogen-bond acceptors (Lipinski definition) is 3. The third kappa shape index (κ3) is 2.19. The molecular weight excluding hydrogens is 154 g/mol. The first kappa shape index (κ1) is 9.96. The Labute approximate surface area is 74.4 Å². The van der Waals surface area contributed by atoms with E-state index in [0.717, 1.165) is 19.5 Å². The van der Waals surface area contributed by atoms with Crippen molar-refractivity contribution in [1.82, 2.24) is 5.32 Å². The number of morpholine rings is 1. The lowest BCUT2D eigenvalue weighted by atomic mass is 9.99. The summed E-state index contributed by atoms with van der Waals surface area (Å²) in [5, 5.41) is 3.36. The van der Waals surface area contributed by atoms with Crippen LogP contribution in [0.1, 0.15) is 20.3 Å².